The van der Waals surface area contributed by atoms with E-state index in [1.165, 1.54) is 16.7 Å². The first kappa shape index (κ1) is 20.5. The lowest BCUT2D eigenvalue weighted by Gasteiger charge is -2.16. The molecule has 0 N–H and O–H groups in total. The van der Waals surface area contributed by atoms with Crippen molar-refractivity contribution in [3.05, 3.63) is 71.0 Å². The summed E-state index contributed by atoms with van der Waals surface area (Å²) in [5.74, 6) is 3.12. The molecule has 4 nitrogen and oxygen atoms in total. The van der Waals surface area contributed by atoms with Gasteiger partial charge in [0.15, 0.2) is 17.1 Å². The van der Waals surface area contributed by atoms with Crippen LogP contribution in [0.3, 0.4) is 0 Å². The van der Waals surface area contributed by atoms with E-state index in [1.807, 2.05) is 19.1 Å². The average molecular weight is 396 g/mol. The fraction of sp³-hybridized carbons (Fsp3) is 0.391. The standard InChI is InChI=1S/C23H29N3OS/c1-6-26-22(18(5)27-21-13-11-20(12-14-21)16(2)3)24-25-23(26)28-15-19-9-7-17(4)8-10-19/h7-14,16,18H,6,15H2,1-5H3/t18-/m1/s1. The molecule has 148 valence electrons. The van der Waals surface area contributed by atoms with Crippen molar-refractivity contribution in [2.24, 2.45) is 0 Å². The summed E-state index contributed by atoms with van der Waals surface area (Å²) in [4.78, 5) is 0. The summed E-state index contributed by atoms with van der Waals surface area (Å²) in [5.41, 5.74) is 3.88. The number of hydrogen-bond donors (Lipinski definition) is 0. The monoisotopic (exact) mass is 395 g/mol. The van der Waals surface area contributed by atoms with Gasteiger partial charge in [0.2, 0.25) is 0 Å². The Bertz CT molecular complexity index is 885. The van der Waals surface area contributed by atoms with Gasteiger partial charge in [-0.25, -0.2) is 0 Å². The van der Waals surface area contributed by atoms with Crippen LogP contribution in [0.25, 0.3) is 0 Å². The van der Waals surface area contributed by atoms with Gasteiger partial charge in [0, 0.05) is 12.3 Å². The van der Waals surface area contributed by atoms with Crippen LogP contribution in [0.15, 0.2) is 53.7 Å². The molecule has 0 radical (unpaired) electrons. The number of benzene rings is 2. The Kier molecular flexibility index (Phi) is 6.79. The predicted molar refractivity (Wildman–Crippen MR) is 116 cm³/mol. The lowest BCUT2D eigenvalue weighted by molar-refractivity contribution is 0.210. The lowest BCUT2D eigenvalue weighted by Crippen LogP contribution is -2.12. The first-order chi connectivity index (χ1) is 13.5. The quantitative estimate of drug-likeness (QED) is 0.428. The molecule has 0 aliphatic heterocycles. The van der Waals surface area contributed by atoms with E-state index in [2.05, 4.69) is 78.9 Å². The number of hydrogen-bond acceptors (Lipinski definition) is 4. The summed E-state index contributed by atoms with van der Waals surface area (Å²) in [5, 5.41) is 9.77. The van der Waals surface area contributed by atoms with Crippen molar-refractivity contribution in [1.29, 1.82) is 0 Å². The van der Waals surface area contributed by atoms with Crippen LogP contribution in [0.5, 0.6) is 5.75 Å². The van der Waals surface area contributed by atoms with Crippen molar-refractivity contribution in [1.82, 2.24) is 14.8 Å². The second-order valence-corrected chi connectivity index (χ2v) is 8.29. The van der Waals surface area contributed by atoms with E-state index in [9.17, 15) is 0 Å². The minimum atomic E-state index is -0.161. The molecule has 0 amide bonds. The second kappa shape index (κ2) is 9.28. The van der Waals surface area contributed by atoms with Crippen molar-refractivity contribution in [3.63, 3.8) is 0 Å². The zero-order chi connectivity index (χ0) is 20.1. The molecule has 5 heteroatoms. The molecule has 28 heavy (non-hydrogen) atoms. The molecule has 0 spiro atoms. The molecule has 0 saturated heterocycles. The maximum absolute atomic E-state index is 6.13. The zero-order valence-electron chi connectivity index (χ0n) is 17.3. The molecule has 3 rings (SSSR count). The van der Waals surface area contributed by atoms with E-state index in [-0.39, 0.29) is 6.10 Å². The van der Waals surface area contributed by atoms with Crippen LogP contribution in [0.4, 0.5) is 0 Å². The van der Waals surface area contributed by atoms with Gasteiger partial charge >= 0.3 is 0 Å². The molecule has 0 fully saturated rings. The summed E-state index contributed by atoms with van der Waals surface area (Å²) in [6, 6.07) is 16.9. The molecular formula is C23H29N3OS. The third-order valence-corrected chi connectivity index (χ3v) is 5.81. The van der Waals surface area contributed by atoms with E-state index in [1.54, 1.807) is 11.8 Å². The van der Waals surface area contributed by atoms with Gasteiger partial charge in [-0.15, -0.1) is 10.2 Å². The van der Waals surface area contributed by atoms with Crippen molar-refractivity contribution in [2.75, 3.05) is 0 Å². The van der Waals surface area contributed by atoms with E-state index in [4.69, 9.17) is 4.74 Å². The zero-order valence-corrected chi connectivity index (χ0v) is 18.2. The maximum Gasteiger partial charge on any atom is 0.191 e. The van der Waals surface area contributed by atoms with Gasteiger partial charge < -0.3 is 9.30 Å². The number of ether oxygens (including phenoxy) is 1. The molecule has 2 aromatic carbocycles. The fourth-order valence-corrected chi connectivity index (χ4v) is 3.99. The highest BCUT2D eigenvalue weighted by Crippen LogP contribution is 2.27. The average Bonchev–Trinajstić information content (AvgIpc) is 3.11. The number of aryl methyl sites for hydroxylation is 1. The third-order valence-electron chi connectivity index (χ3n) is 4.77. The van der Waals surface area contributed by atoms with Gasteiger partial charge in [0.1, 0.15) is 5.75 Å². The molecular weight excluding hydrogens is 366 g/mol. The van der Waals surface area contributed by atoms with Crippen LogP contribution >= 0.6 is 11.8 Å². The highest BCUT2D eigenvalue weighted by Gasteiger charge is 2.19. The van der Waals surface area contributed by atoms with Gasteiger partial charge in [-0.3, -0.25) is 0 Å². The SMILES string of the molecule is CCn1c(SCc2ccc(C)cc2)nnc1[C@@H](C)Oc1ccc(C(C)C)cc1. The first-order valence-electron chi connectivity index (χ1n) is 9.86. The summed E-state index contributed by atoms with van der Waals surface area (Å²) in [6.45, 7) is 11.5. The molecule has 1 atom stereocenters. The highest BCUT2D eigenvalue weighted by molar-refractivity contribution is 7.98. The molecule has 0 saturated carbocycles. The van der Waals surface area contributed by atoms with Crippen LogP contribution in [0.1, 0.15) is 62.2 Å². The molecule has 1 aromatic heterocycles. The Labute approximate surface area is 172 Å². The van der Waals surface area contributed by atoms with Crippen molar-refractivity contribution in [3.8, 4) is 5.75 Å². The largest absolute Gasteiger partial charge is 0.483 e. The predicted octanol–water partition coefficient (Wildman–Crippen LogP) is 6.16. The van der Waals surface area contributed by atoms with Crippen LogP contribution in [-0.2, 0) is 12.3 Å². The maximum atomic E-state index is 6.13. The van der Waals surface area contributed by atoms with Crippen molar-refractivity contribution < 1.29 is 4.74 Å². The van der Waals surface area contributed by atoms with Crippen LogP contribution in [0.2, 0.25) is 0 Å². The summed E-state index contributed by atoms with van der Waals surface area (Å²) >= 11 is 1.71. The minimum absolute atomic E-state index is 0.161. The second-order valence-electron chi connectivity index (χ2n) is 7.34. The molecule has 0 aliphatic rings. The van der Waals surface area contributed by atoms with E-state index in [0.29, 0.717) is 5.92 Å². The van der Waals surface area contributed by atoms with Crippen LogP contribution in [-0.4, -0.2) is 14.8 Å². The number of aromatic nitrogens is 3. The summed E-state index contributed by atoms with van der Waals surface area (Å²) < 4.78 is 8.28. The Morgan fingerprint density at radius 3 is 2.25 bits per heavy atom. The van der Waals surface area contributed by atoms with Crippen LogP contribution in [0, 0.1) is 6.92 Å². The molecule has 0 bridgehead atoms. The molecule has 0 unspecified atom stereocenters. The van der Waals surface area contributed by atoms with Crippen LogP contribution < -0.4 is 4.74 Å². The highest BCUT2D eigenvalue weighted by atomic mass is 32.2. The fourth-order valence-electron chi connectivity index (χ4n) is 3.03. The number of rotatable bonds is 8. The topological polar surface area (TPSA) is 39.9 Å². The van der Waals surface area contributed by atoms with Gasteiger partial charge in [-0.2, -0.15) is 0 Å². The van der Waals surface area contributed by atoms with Gasteiger partial charge in [-0.05, 0) is 49.9 Å². The number of nitrogens with zero attached hydrogens (tertiary/aromatic N) is 3. The van der Waals surface area contributed by atoms with Gasteiger partial charge in [-0.1, -0.05) is 67.6 Å². The normalized spacial score (nSPS) is 12.4. The Morgan fingerprint density at radius 2 is 1.64 bits per heavy atom. The Morgan fingerprint density at radius 1 is 0.964 bits per heavy atom. The molecule has 3 aromatic rings. The smallest absolute Gasteiger partial charge is 0.191 e. The van der Waals surface area contributed by atoms with E-state index < -0.39 is 0 Å². The summed E-state index contributed by atoms with van der Waals surface area (Å²) in [6.07, 6.45) is -0.161. The molecule has 1 heterocycles. The number of thioether (sulfide) groups is 1. The lowest BCUT2D eigenvalue weighted by atomic mass is 10.0. The Hall–Kier alpha value is -2.27. The van der Waals surface area contributed by atoms with Crippen molar-refractivity contribution >= 4 is 11.8 Å². The van der Waals surface area contributed by atoms with Crippen molar-refractivity contribution in [2.45, 2.75) is 64.1 Å². The first-order valence-corrected chi connectivity index (χ1v) is 10.8. The van der Waals surface area contributed by atoms with E-state index in [0.717, 1.165) is 29.0 Å². The van der Waals surface area contributed by atoms with Gasteiger partial charge in [0.05, 0.1) is 0 Å². The van der Waals surface area contributed by atoms with E-state index >= 15 is 0 Å². The third kappa shape index (κ3) is 4.96. The Balaban J connectivity index is 1.68. The summed E-state index contributed by atoms with van der Waals surface area (Å²) in [7, 11) is 0. The molecule has 0 aliphatic carbocycles. The minimum Gasteiger partial charge on any atom is -0.483 e. The van der Waals surface area contributed by atoms with Gasteiger partial charge in [0.25, 0.3) is 0 Å².